The second-order valence-corrected chi connectivity index (χ2v) is 22.2. The number of carbonyl (C=O) groups excluding carboxylic acids is 1. The maximum atomic E-state index is 13.3. The summed E-state index contributed by atoms with van der Waals surface area (Å²) in [7, 11) is -5.08. The van der Waals surface area contributed by atoms with Crippen LogP contribution < -0.4 is 5.73 Å². The van der Waals surface area contributed by atoms with Crippen molar-refractivity contribution >= 4 is 45.9 Å². The Labute approximate surface area is 288 Å². The molecule has 0 aliphatic carbocycles. The second kappa shape index (κ2) is 15.2. The van der Waals surface area contributed by atoms with Crippen LogP contribution in [0.2, 0.25) is 25.7 Å². The number of amides is 1. The van der Waals surface area contributed by atoms with Crippen molar-refractivity contribution in [2.75, 3.05) is 6.61 Å². The van der Waals surface area contributed by atoms with E-state index in [1.165, 1.54) is 0 Å². The Balaban J connectivity index is 0.000000804. The normalized spacial score (nSPS) is 17.9. The molecule has 264 valence electrons. The highest BCUT2D eigenvalue weighted by molar-refractivity contribution is 9.10. The van der Waals surface area contributed by atoms with Crippen LogP contribution in [0.3, 0.4) is 0 Å². The van der Waals surface area contributed by atoms with Gasteiger partial charge in [-0.05, 0) is 56.0 Å². The van der Waals surface area contributed by atoms with Gasteiger partial charge >= 0.3 is 12.1 Å². The molecule has 3 atom stereocenters. The number of halogens is 4. The van der Waals surface area contributed by atoms with Crippen molar-refractivity contribution < 1.29 is 41.0 Å². The van der Waals surface area contributed by atoms with Crippen LogP contribution in [-0.2, 0) is 30.8 Å². The quantitative estimate of drug-likeness (QED) is 0.188. The third-order valence-corrected chi connectivity index (χ3v) is 12.2. The first-order valence-electron chi connectivity index (χ1n) is 15.1. The predicted molar refractivity (Wildman–Crippen MR) is 182 cm³/mol. The molecule has 48 heavy (non-hydrogen) atoms. The number of rotatable bonds is 10. The molecule has 1 aliphatic heterocycles. The second-order valence-electron chi connectivity index (χ2n) is 13.7. The van der Waals surface area contributed by atoms with Crippen LogP contribution in [-0.4, -0.2) is 66.1 Å². The van der Waals surface area contributed by atoms with E-state index in [0.717, 1.165) is 27.2 Å². The van der Waals surface area contributed by atoms with Crippen LogP contribution >= 0.6 is 15.9 Å². The summed E-state index contributed by atoms with van der Waals surface area (Å²) in [5, 5.41) is 6.20. The maximum absolute atomic E-state index is 13.3. The van der Waals surface area contributed by atoms with Gasteiger partial charge < -0.3 is 20.6 Å². The molecule has 0 saturated carbocycles. The number of aromatic nitrogens is 2. The van der Waals surface area contributed by atoms with Gasteiger partial charge in [-0.15, -0.1) is 0 Å². The molecule has 10 nitrogen and oxygen atoms in total. The highest BCUT2D eigenvalue weighted by Crippen LogP contribution is 2.43. The zero-order valence-electron chi connectivity index (χ0n) is 27.6. The van der Waals surface area contributed by atoms with Gasteiger partial charge in [0.25, 0.3) is 0 Å². The van der Waals surface area contributed by atoms with Gasteiger partial charge in [-0.3, -0.25) is 4.79 Å². The number of benzene rings is 2. The van der Waals surface area contributed by atoms with E-state index >= 15 is 0 Å². The molecular weight excluding hydrogens is 733 g/mol. The number of ether oxygens (including phenoxy) is 1. The number of aromatic amines is 1. The fourth-order valence-electron chi connectivity index (χ4n) is 5.10. The van der Waals surface area contributed by atoms with Gasteiger partial charge in [0, 0.05) is 19.2 Å². The Morgan fingerprint density at radius 2 is 1.77 bits per heavy atom. The number of nitrogens with zero attached hydrogens (tertiary/aromatic N) is 2. The zero-order chi connectivity index (χ0) is 36.2. The summed E-state index contributed by atoms with van der Waals surface area (Å²) in [5.41, 5.74) is 9.17. The number of alkyl halides is 3. The molecule has 0 bridgehead atoms. The van der Waals surface area contributed by atoms with E-state index in [4.69, 9.17) is 20.4 Å². The van der Waals surface area contributed by atoms with Crippen LogP contribution in [0.25, 0.3) is 0 Å². The van der Waals surface area contributed by atoms with Crippen molar-refractivity contribution in [3.63, 3.8) is 0 Å². The molecule has 4 N–H and O–H groups in total. The van der Waals surface area contributed by atoms with Gasteiger partial charge in [-0.25, -0.2) is 22.5 Å². The largest absolute Gasteiger partial charge is 0.490 e. The topological polar surface area (TPSA) is 156 Å². The van der Waals surface area contributed by atoms with Crippen molar-refractivity contribution in [2.24, 2.45) is 5.73 Å². The number of aliphatic carboxylic acids is 1. The molecule has 3 aromatic rings. The van der Waals surface area contributed by atoms with Crippen LogP contribution in [0.15, 0.2) is 59.2 Å². The summed E-state index contributed by atoms with van der Waals surface area (Å²) in [6.07, 6.45) is -3.14. The number of H-pyrrole nitrogens is 1. The minimum atomic E-state index is -5.08. The number of carbonyl (C=O) groups is 2. The van der Waals surface area contributed by atoms with Gasteiger partial charge in [0.2, 0.25) is 15.9 Å². The third-order valence-electron chi connectivity index (χ3n) is 7.41. The van der Waals surface area contributed by atoms with Gasteiger partial charge in [0.1, 0.15) is 17.2 Å². The molecule has 2 heterocycles. The van der Waals surface area contributed by atoms with Crippen molar-refractivity contribution in [3.05, 3.63) is 87.4 Å². The van der Waals surface area contributed by atoms with Gasteiger partial charge in [0.15, 0.2) is 0 Å². The lowest BCUT2D eigenvalue weighted by atomic mass is 10.0. The number of nitrogens with one attached hydrogen (secondary N) is 1. The van der Waals surface area contributed by atoms with E-state index in [-0.39, 0.29) is 18.4 Å². The summed E-state index contributed by atoms with van der Waals surface area (Å²) in [5.74, 6) is -2.49. The van der Waals surface area contributed by atoms with Crippen molar-refractivity contribution in [2.45, 2.75) is 88.4 Å². The lowest BCUT2D eigenvalue weighted by Gasteiger charge is -2.30. The fraction of sp³-hybridized carbons (Fsp3) is 0.469. The Hall–Kier alpha value is -3.05. The van der Waals surface area contributed by atoms with E-state index in [1.54, 1.807) is 33.0 Å². The standard InChI is InChI=1S/C30H41BrN4O4SSi.C2HF3O2/c1-30(2,3)35-27(36)18-26(40(35,37)38)22-13-12-20(16-23(22)31)17-24(32)29-33-19-25(34-29)28(21-10-8-7-9-11-21)39-14-15-41(4,5)6;3-2(4,5)1(6)7/h7-13,16,19,24,26,28H,14-15,17-18,32H2,1-6H3,(H,33,34);(H,6,7)/t24-,26?,28?;/m0./s1. The maximum Gasteiger partial charge on any atom is 0.490 e. The fourth-order valence-corrected chi connectivity index (χ4v) is 8.94. The summed E-state index contributed by atoms with van der Waals surface area (Å²) in [4.78, 5) is 29.5. The number of sulfonamides is 1. The van der Waals surface area contributed by atoms with Gasteiger partial charge in [-0.2, -0.15) is 13.2 Å². The molecule has 4 rings (SSSR count). The summed E-state index contributed by atoms with van der Waals surface area (Å²) < 4.78 is 66.3. The summed E-state index contributed by atoms with van der Waals surface area (Å²) in [6, 6.07) is 16.3. The number of nitrogens with two attached hydrogens (primary N) is 1. The number of carboxylic acids is 1. The van der Waals surface area contributed by atoms with Crippen molar-refractivity contribution in [1.82, 2.24) is 14.3 Å². The van der Waals surface area contributed by atoms with E-state index < -0.39 is 47.1 Å². The van der Waals surface area contributed by atoms with Crippen molar-refractivity contribution in [1.29, 1.82) is 0 Å². The third kappa shape index (κ3) is 10.2. The first-order chi connectivity index (χ1) is 22.0. The van der Waals surface area contributed by atoms with Crippen molar-refractivity contribution in [3.8, 4) is 0 Å². The number of imidazole rings is 1. The highest BCUT2D eigenvalue weighted by Gasteiger charge is 2.50. The molecule has 16 heteroatoms. The first-order valence-corrected chi connectivity index (χ1v) is 21.1. The Bertz CT molecular complexity index is 1690. The van der Waals surface area contributed by atoms with E-state index in [0.29, 0.717) is 28.9 Å². The first kappa shape index (κ1) is 39.4. The minimum absolute atomic E-state index is 0.0746. The lowest BCUT2D eigenvalue weighted by molar-refractivity contribution is -0.192. The molecule has 1 fully saturated rings. The number of carboxylic acid groups (broad SMARTS) is 1. The minimum Gasteiger partial charge on any atom is -0.475 e. The molecule has 2 unspecified atom stereocenters. The average Bonchev–Trinajstić information content (AvgIpc) is 3.52. The van der Waals surface area contributed by atoms with Crippen LogP contribution in [0.1, 0.15) is 72.8 Å². The highest BCUT2D eigenvalue weighted by atomic mass is 79.9. The van der Waals surface area contributed by atoms with E-state index in [9.17, 15) is 26.4 Å². The molecule has 1 saturated heterocycles. The Morgan fingerprint density at radius 1 is 1.17 bits per heavy atom. The molecular formula is C32H42BrF3N4O6SSi. The van der Waals surface area contributed by atoms with Gasteiger partial charge in [-0.1, -0.05) is 78.0 Å². The Morgan fingerprint density at radius 3 is 2.27 bits per heavy atom. The molecule has 0 spiro atoms. The van der Waals surface area contributed by atoms with Crippen LogP contribution in [0.5, 0.6) is 0 Å². The summed E-state index contributed by atoms with van der Waals surface area (Å²) >= 11 is 3.56. The van der Waals surface area contributed by atoms with Crippen LogP contribution in [0.4, 0.5) is 13.2 Å². The molecule has 2 aromatic carbocycles. The number of hydrogen-bond donors (Lipinski definition) is 3. The Kier molecular flexibility index (Phi) is 12.5. The van der Waals surface area contributed by atoms with Crippen LogP contribution in [0, 0.1) is 0 Å². The molecule has 0 radical (unpaired) electrons. The predicted octanol–water partition coefficient (Wildman–Crippen LogP) is 6.89. The number of hydrogen-bond acceptors (Lipinski definition) is 7. The molecule has 1 aromatic heterocycles. The van der Waals surface area contributed by atoms with E-state index in [1.807, 2.05) is 30.3 Å². The molecule has 1 aliphatic rings. The monoisotopic (exact) mass is 774 g/mol. The molecule has 1 amide bonds. The SMILES string of the molecule is CC(C)(C)N1C(=O)CC(c2ccc(C[C@H](N)c3ncc(C(OCC[Si](C)(C)C)c4ccccc4)[nH]3)cc2Br)S1(=O)=O.O=C(O)C(F)(F)F. The van der Waals surface area contributed by atoms with Gasteiger partial charge in [0.05, 0.1) is 29.9 Å². The summed E-state index contributed by atoms with van der Waals surface area (Å²) in [6.45, 7) is 12.9. The average molecular weight is 776 g/mol. The smallest absolute Gasteiger partial charge is 0.475 e. The van der Waals surface area contributed by atoms with E-state index in [2.05, 4.69) is 57.7 Å². The zero-order valence-corrected chi connectivity index (χ0v) is 31.0. The lowest BCUT2D eigenvalue weighted by Crippen LogP contribution is -2.45.